The van der Waals surface area contributed by atoms with Crippen LogP contribution in [0.1, 0.15) is 60.8 Å². The van der Waals surface area contributed by atoms with Crippen LogP contribution in [0.5, 0.6) is 0 Å². The molecule has 0 bridgehead atoms. The molecule has 0 spiro atoms. The third-order valence-corrected chi connectivity index (χ3v) is 6.92. The number of amides is 1. The van der Waals surface area contributed by atoms with Gasteiger partial charge in [-0.05, 0) is 63.5 Å². The van der Waals surface area contributed by atoms with Crippen LogP contribution in [0, 0.1) is 32.1 Å². The molecule has 4 rings (SSSR count). The van der Waals surface area contributed by atoms with Gasteiger partial charge >= 0.3 is 0 Å². The highest BCUT2D eigenvalue weighted by molar-refractivity contribution is 6.10. The van der Waals surface area contributed by atoms with Crippen molar-refractivity contribution >= 4 is 17.7 Å². The van der Waals surface area contributed by atoms with Crippen molar-refractivity contribution in [3.63, 3.8) is 0 Å². The number of hydrogen-bond acceptors (Lipinski definition) is 3. The zero-order valence-electron chi connectivity index (χ0n) is 20.3. The fraction of sp³-hybridized carbons (Fsp3) is 0.370. The molecule has 3 aromatic rings. The summed E-state index contributed by atoms with van der Waals surface area (Å²) < 4.78 is 5.54. The van der Waals surface area contributed by atoms with Crippen LogP contribution in [0.3, 0.4) is 0 Å². The Kier molecular flexibility index (Phi) is 6.60. The zero-order valence-corrected chi connectivity index (χ0v) is 20.3. The first-order chi connectivity index (χ1) is 16.3. The summed E-state index contributed by atoms with van der Waals surface area (Å²) in [5.41, 5.74) is 4.17. The number of anilines is 1. The summed E-state index contributed by atoms with van der Waals surface area (Å²) in [6.07, 6.45) is 7.70. The first-order valence-electron chi connectivity index (χ1n) is 11.8. The first-order valence-corrected chi connectivity index (χ1v) is 11.8. The second kappa shape index (κ2) is 9.60. The number of carbonyl (C=O) groups is 1. The number of carbonyl (C=O) groups excluding carboxylic acids is 1. The second-order valence-electron chi connectivity index (χ2n) is 9.05. The maximum absolute atomic E-state index is 13.1. The van der Waals surface area contributed by atoms with Crippen LogP contribution in [0.2, 0.25) is 0 Å². The maximum atomic E-state index is 13.1. The Hall–Kier alpha value is -3.79. The number of aromatic nitrogens is 3. The third kappa shape index (κ3) is 4.24. The highest BCUT2D eigenvalue weighted by Gasteiger charge is 2.22. The Bertz CT molecular complexity index is 1340. The van der Waals surface area contributed by atoms with Gasteiger partial charge in [-0.15, -0.1) is 0 Å². The van der Waals surface area contributed by atoms with Gasteiger partial charge in [-0.2, -0.15) is 5.26 Å². The van der Waals surface area contributed by atoms with E-state index in [2.05, 4.69) is 16.8 Å². The molecule has 1 N–H and O–H groups in total. The molecule has 1 aromatic carbocycles. The number of para-hydroxylation sites is 1. The molecule has 34 heavy (non-hydrogen) atoms. The highest BCUT2D eigenvalue weighted by Crippen LogP contribution is 2.32. The molecule has 1 saturated carbocycles. The summed E-state index contributed by atoms with van der Waals surface area (Å²) in [5, 5.41) is 12.4. The number of nitriles is 1. The number of aryl methyl sites for hydroxylation is 1. The molecule has 2 heterocycles. The first kappa shape index (κ1) is 23.4. The van der Waals surface area contributed by atoms with E-state index < -0.39 is 5.91 Å². The molecule has 7 nitrogen and oxygen atoms in total. The third-order valence-electron chi connectivity index (χ3n) is 6.92. The molecular formula is C27H31N5O2. The minimum absolute atomic E-state index is 0.0298. The Labute approximate surface area is 199 Å². The van der Waals surface area contributed by atoms with E-state index in [0.29, 0.717) is 17.4 Å². The van der Waals surface area contributed by atoms with Gasteiger partial charge in [0, 0.05) is 24.5 Å². The van der Waals surface area contributed by atoms with Crippen molar-refractivity contribution in [1.82, 2.24) is 13.9 Å². The average molecular weight is 458 g/mol. The lowest BCUT2D eigenvalue weighted by Crippen LogP contribution is -2.23. The zero-order chi connectivity index (χ0) is 24.4. The summed E-state index contributed by atoms with van der Waals surface area (Å²) >= 11 is 0. The fourth-order valence-electron chi connectivity index (χ4n) is 5.05. The SMILES string of the molecule is Cc1cc(/C=C(\C#N)C(=O)Nc2c(C)n(C)n(-c3ccccc3)c2=O)c(C)n1C1CCCCC1. The Morgan fingerprint density at radius 1 is 1.09 bits per heavy atom. The van der Waals surface area contributed by atoms with Gasteiger partial charge in [0.05, 0.1) is 11.4 Å². The van der Waals surface area contributed by atoms with E-state index in [-0.39, 0.29) is 16.8 Å². The molecule has 0 saturated heterocycles. The quantitative estimate of drug-likeness (QED) is 0.434. The molecule has 176 valence electrons. The maximum Gasteiger partial charge on any atom is 0.295 e. The summed E-state index contributed by atoms with van der Waals surface area (Å²) in [6.45, 7) is 5.88. The van der Waals surface area contributed by atoms with E-state index in [1.165, 1.54) is 23.9 Å². The number of rotatable bonds is 5. The number of nitrogens with one attached hydrogen (secondary N) is 1. The van der Waals surface area contributed by atoms with E-state index in [1.54, 1.807) is 24.7 Å². The minimum Gasteiger partial charge on any atom is -0.346 e. The van der Waals surface area contributed by atoms with Crippen molar-refractivity contribution in [2.45, 2.75) is 58.9 Å². The van der Waals surface area contributed by atoms with Gasteiger partial charge in [0.2, 0.25) is 0 Å². The Morgan fingerprint density at radius 3 is 2.41 bits per heavy atom. The van der Waals surface area contributed by atoms with Gasteiger partial charge in [0.1, 0.15) is 17.3 Å². The molecule has 2 aromatic heterocycles. The lowest BCUT2D eigenvalue weighted by Gasteiger charge is -2.26. The lowest BCUT2D eigenvalue weighted by atomic mass is 9.95. The van der Waals surface area contributed by atoms with Gasteiger partial charge in [0.15, 0.2) is 0 Å². The van der Waals surface area contributed by atoms with Crippen molar-refractivity contribution in [2.24, 2.45) is 7.05 Å². The molecule has 1 fully saturated rings. The van der Waals surface area contributed by atoms with Crippen LogP contribution in [0.4, 0.5) is 5.69 Å². The van der Waals surface area contributed by atoms with Crippen molar-refractivity contribution in [1.29, 1.82) is 5.26 Å². The van der Waals surface area contributed by atoms with E-state index >= 15 is 0 Å². The van der Waals surface area contributed by atoms with Gasteiger partial charge in [-0.1, -0.05) is 37.5 Å². The van der Waals surface area contributed by atoms with Gasteiger partial charge in [0.25, 0.3) is 11.5 Å². The topological polar surface area (TPSA) is 84.8 Å². The van der Waals surface area contributed by atoms with Crippen LogP contribution in [0.25, 0.3) is 11.8 Å². The molecule has 7 heteroatoms. The average Bonchev–Trinajstić information content (AvgIpc) is 3.24. The minimum atomic E-state index is -0.587. The van der Waals surface area contributed by atoms with Crippen LogP contribution in [-0.2, 0) is 11.8 Å². The highest BCUT2D eigenvalue weighted by atomic mass is 16.2. The van der Waals surface area contributed by atoms with E-state index in [1.807, 2.05) is 49.4 Å². The van der Waals surface area contributed by atoms with Crippen LogP contribution in [-0.4, -0.2) is 19.8 Å². The van der Waals surface area contributed by atoms with E-state index in [4.69, 9.17) is 0 Å². The summed E-state index contributed by atoms with van der Waals surface area (Å²) in [4.78, 5) is 26.2. The Balaban J connectivity index is 1.64. The largest absolute Gasteiger partial charge is 0.346 e. The van der Waals surface area contributed by atoms with Gasteiger partial charge in [-0.25, -0.2) is 4.68 Å². The standard InChI is InChI=1S/C27H31N5O2/c1-18-15-21(19(2)31(18)23-11-7-5-8-12-23)16-22(17-28)26(33)29-25-20(3)30(4)32(27(25)34)24-13-9-6-10-14-24/h6,9-10,13-16,23H,5,7-8,11-12H2,1-4H3,(H,29,33)/b22-16+. The molecule has 0 unspecified atom stereocenters. The summed E-state index contributed by atoms with van der Waals surface area (Å²) in [7, 11) is 1.76. The Morgan fingerprint density at radius 2 is 1.76 bits per heavy atom. The van der Waals surface area contributed by atoms with Crippen molar-refractivity contribution in [3.8, 4) is 11.8 Å². The molecule has 1 aliphatic rings. The van der Waals surface area contributed by atoms with Crippen LogP contribution >= 0.6 is 0 Å². The molecule has 0 aliphatic heterocycles. The van der Waals surface area contributed by atoms with Gasteiger partial charge in [-0.3, -0.25) is 14.3 Å². The lowest BCUT2D eigenvalue weighted by molar-refractivity contribution is -0.112. The van der Waals surface area contributed by atoms with E-state index in [9.17, 15) is 14.9 Å². The molecular weight excluding hydrogens is 426 g/mol. The molecule has 1 amide bonds. The second-order valence-corrected chi connectivity index (χ2v) is 9.05. The van der Waals surface area contributed by atoms with E-state index in [0.717, 1.165) is 29.8 Å². The van der Waals surface area contributed by atoms with Gasteiger partial charge < -0.3 is 9.88 Å². The number of benzene rings is 1. The summed E-state index contributed by atoms with van der Waals surface area (Å²) in [5.74, 6) is -0.587. The van der Waals surface area contributed by atoms with Crippen LogP contribution < -0.4 is 10.9 Å². The normalized spacial score (nSPS) is 14.7. The number of nitrogens with zero attached hydrogens (tertiary/aromatic N) is 4. The predicted molar refractivity (Wildman–Crippen MR) is 134 cm³/mol. The molecule has 0 radical (unpaired) electrons. The number of hydrogen-bond donors (Lipinski definition) is 1. The summed E-state index contributed by atoms with van der Waals surface area (Å²) in [6, 6.07) is 13.8. The smallest absolute Gasteiger partial charge is 0.295 e. The van der Waals surface area contributed by atoms with Crippen molar-refractivity contribution in [2.75, 3.05) is 5.32 Å². The van der Waals surface area contributed by atoms with Crippen LogP contribution in [0.15, 0.2) is 46.8 Å². The molecule has 1 aliphatic carbocycles. The monoisotopic (exact) mass is 457 g/mol. The predicted octanol–water partition coefficient (Wildman–Crippen LogP) is 4.95. The van der Waals surface area contributed by atoms with Crippen molar-refractivity contribution < 1.29 is 4.79 Å². The van der Waals surface area contributed by atoms with Crippen molar-refractivity contribution in [3.05, 3.63) is 75.0 Å². The molecule has 0 atom stereocenters. The fourth-order valence-corrected chi connectivity index (χ4v) is 5.05.